The molecular formula is C27H28FN7O. The van der Waals surface area contributed by atoms with E-state index in [0.29, 0.717) is 29.7 Å². The van der Waals surface area contributed by atoms with E-state index in [9.17, 15) is 9.18 Å². The number of nitrogens with one attached hydrogen (secondary N) is 1. The van der Waals surface area contributed by atoms with E-state index in [0.717, 1.165) is 59.9 Å². The van der Waals surface area contributed by atoms with Crippen LogP contribution >= 0.6 is 0 Å². The Hall–Kier alpha value is -3.82. The molecule has 2 aromatic heterocycles. The highest BCUT2D eigenvalue weighted by atomic mass is 19.1. The molecule has 36 heavy (non-hydrogen) atoms. The average molecular weight is 486 g/mol. The zero-order chi connectivity index (χ0) is 25.0. The molecule has 3 heterocycles. The zero-order valence-corrected chi connectivity index (χ0v) is 20.4. The Morgan fingerprint density at radius 3 is 2.78 bits per heavy atom. The fraction of sp³-hybridized carbons (Fsp3) is 0.296. The maximum absolute atomic E-state index is 14.9. The minimum Gasteiger partial charge on any atom is -0.383 e. The van der Waals surface area contributed by atoms with Gasteiger partial charge >= 0.3 is 0 Å². The lowest BCUT2D eigenvalue weighted by Gasteiger charge is -2.32. The van der Waals surface area contributed by atoms with Crippen LogP contribution in [0.5, 0.6) is 0 Å². The topological polar surface area (TPSA) is 96.1 Å². The first-order chi connectivity index (χ1) is 17.4. The number of nitrogens with zero attached hydrogens (tertiary/aromatic N) is 5. The first kappa shape index (κ1) is 22.6. The van der Waals surface area contributed by atoms with Crippen molar-refractivity contribution in [3.63, 3.8) is 0 Å². The van der Waals surface area contributed by atoms with E-state index in [4.69, 9.17) is 5.73 Å². The number of anilines is 1. The summed E-state index contributed by atoms with van der Waals surface area (Å²) in [6, 6.07) is 9.13. The van der Waals surface area contributed by atoms with Crippen LogP contribution in [0, 0.1) is 12.7 Å². The number of nitrogen functional groups attached to an aromatic ring is 1. The van der Waals surface area contributed by atoms with Gasteiger partial charge in [-0.05, 0) is 61.5 Å². The number of allylic oxidation sites excluding steroid dienone is 1. The quantitative estimate of drug-likeness (QED) is 0.421. The molecule has 0 saturated carbocycles. The number of piperazine rings is 1. The lowest BCUT2D eigenvalue weighted by Crippen LogP contribution is -2.44. The first-order valence-electron chi connectivity index (χ1n) is 12.1. The van der Waals surface area contributed by atoms with Gasteiger partial charge < -0.3 is 15.6 Å². The lowest BCUT2D eigenvalue weighted by atomic mass is 10.0. The van der Waals surface area contributed by atoms with Gasteiger partial charge in [-0.3, -0.25) is 9.69 Å². The molecule has 2 aromatic carbocycles. The number of imidazole rings is 1. The van der Waals surface area contributed by atoms with E-state index in [1.54, 1.807) is 10.7 Å². The second-order valence-electron chi connectivity index (χ2n) is 9.78. The zero-order valence-electron chi connectivity index (χ0n) is 20.4. The van der Waals surface area contributed by atoms with Crippen molar-refractivity contribution in [2.75, 3.05) is 39.0 Å². The number of carbonyl (C=O) groups is 1. The lowest BCUT2D eigenvalue weighted by molar-refractivity contribution is 0.103. The molecule has 1 aliphatic carbocycles. The maximum Gasteiger partial charge on any atom is 0.194 e. The molecule has 4 aromatic rings. The summed E-state index contributed by atoms with van der Waals surface area (Å²) in [5.74, 6) is 0.692. The Morgan fingerprint density at radius 1 is 1.17 bits per heavy atom. The van der Waals surface area contributed by atoms with Crippen LogP contribution in [0.15, 0.2) is 42.1 Å². The summed E-state index contributed by atoms with van der Waals surface area (Å²) >= 11 is 0. The van der Waals surface area contributed by atoms with Gasteiger partial charge in [0, 0.05) is 50.3 Å². The number of rotatable bonds is 5. The van der Waals surface area contributed by atoms with Crippen LogP contribution in [0.2, 0.25) is 0 Å². The maximum atomic E-state index is 14.9. The van der Waals surface area contributed by atoms with Gasteiger partial charge in [0.25, 0.3) is 0 Å². The van der Waals surface area contributed by atoms with E-state index >= 15 is 0 Å². The number of halogens is 1. The smallest absolute Gasteiger partial charge is 0.194 e. The Balaban J connectivity index is 1.24. The fourth-order valence-corrected chi connectivity index (χ4v) is 5.09. The molecule has 9 heteroatoms. The third-order valence-corrected chi connectivity index (χ3v) is 7.18. The van der Waals surface area contributed by atoms with Gasteiger partial charge in [-0.15, -0.1) is 0 Å². The molecule has 0 amide bonds. The van der Waals surface area contributed by atoms with Gasteiger partial charge in [0.1, 0.15) is 17.5 Å². The first-order valence-corrected chi connectivity index (χ1v) is 12.1. The van der Waals surface area contributed by atoms with Crippen molar-refractivity contribution in [1.82, 2.24) is 29.5 Å². The summed E-state index contributed by atoms with van der Waals surface area (Å²) in [5, 5.41) is 4.38. The molecule has 0 atom stereocenters. The SMILES string of the molecule is Cc1nc2ccc(-n3ncc(C(=O)C4=Cc5cc(CN6CCN(C)CC6)c(F)cc5C4)c3N)cc2[nH]1. The molecule has 8 nitrogen and oxygen atoms in total. The predicted octanol–water partition coefficient (Wildman–Crippen LogP) is 3.35. The summed E-state index contributed by atoms with van der Waals surface area (Å²) in [6.45, 7) is 6.27. The number of likely N-dealkylation sites (N-methyl/N-ethyl adjacent to an activating group) is 1. The number of ketones is 1. The van der Waals surface area contributed by atoms with Crippen LogP contribution < -0.4 is 5.73 Å². The van der Waals surface area contributed by atoms with Gasteiger partial charge in [-0.2, -0.15) is 5.10 Å². The molecule has 0 spiro atoms. The van der Waals surface area contributed by atoms with Crippen molar-refractivity contribution >= 4 is 28.7 Å². The summed E-state index contributed by atoms with van der Waals surface area (Å²) in [7, 11) is 2.10. The number of Topliss-reactive ketones (excluding diaryl/α,β-unsaturated/α-hetero) is 1. The molecule has 1 saturated heterocycles. The molecule has 0 radical (unpaired) electrons. The summed E-state index contributed by atoms with van der Waals surface area (Å²) in [6.07, 6.45) is 3.74. The number of H-pyrrole nitrogens is 1. The molecule has 0 unspecified atom stereocenters. The van der Waals surface area contributed by atoms with Crippen molar-refractivity contribution in [1.29, 1.82) is 0 Å². The highest BCUT2D eigenvalue weighted by molar-refractivity contribution is 6.15. The molecule has 3 N–H and O–H groups in total. The number of aromatic nitrogens is 4. The van der Waals surface area contributed by atoms with Gasteiger partial charge in [0.15, 0.2) is 5.78 Å². The fourth-order valence-electron chi connectivity index (χ4n) is 5.09. The normalized spacial score (nSPS) is 16.5. The van der Waals surface area contributed by atoms with Crippen molar-refractivity contribution < 1.29 is 9.18 Å². The standard InChI is InChI=1S/C27H28FN7O/c1-16-31-24-4-3-21(13-25(24)32-16)35-27(29)22(14-30-35)26(36)19-9-17-11-20(23(28)12-18(17)10-19)15-34-7-5-33(2)6-8-34/h3-4,9,11-14H,5-8,10,15,29H2,1-2H3,(H,31,32). The number of nitrogens with two attached hydrogens (primary N) is 1. The molecule has 1 aliphatic heterocycles. The third-order valence-electron chi connectivity index (χ3n) is 7.18. The molecule has 6 rings (SSSR count). The Morgan fingerprint density at radius 2 is 1.97 bits per heavy atom. The molecule has 2 aliphatic rings. The van der Waals surface area contributed by atoms with Crippen molar-refractivity contribution in [2.24, 2.45) is 0 Å². The molecule has 0 bridgehead atoms. The van der Waals surface area contributed by atoms with Crippen LogP contribution in [0.25, 0.3) is 22.8 Å². The third kappa shape index (κ3) is 4.00. The Labute approximate surface area is 208 Å². The summed E-state index contributed by atoms with van der Waals surface area (Å²) < 4.78 is 16.5. The van der Waals surface area contributed by atoms with Crippen molar-refractivity contribution in [3.8, 4) is 5.69 Å². The second kappa shape index (κ2) is 8.69. The Bertz CT molecular complexity index is 1520. The van der Waals surface area contributed by atoms with E-state index < -0.39 is 0 Å². The number of carbonyl (C=O) groups excluding carboxylic acids is 1. The van der Waals surface area contributed by atoms with E-state index in [1.807, 2.05) is 37.3 Å². The van der Waals surface area contributed by atoms with Gasteiger partial charge in [0.2, 0.25) is 0 Å². The monoisotopic (exact) mass is 485 g/mol. The van der Waals surface area contributed by atoms with Gasteiger partial charge in [0.05, 0.1) is 28.5 Å². The van der Waals surface area contributed by atoms with Crippen LogP contribution in [0.1, 0.15) is 32.9 Å². The second-order valence-corrected chi connectivity index (χ2v) is 9.78. The average Bonchev–Trinajstić information content (AvgIpc) is 3.55. The molecule has 1 fully saturated rings. The van der Waals surface area contributed by atoms with Gasteiger partial charge in [-0.1, -0.05) is 0 Å². The van der Waals surface area contributed by atoms with Crippen molar-refractivity contribution in [2.45, 2.75) is 19.9 Å². The molecular weight excluding hydrogens is 457 g/mol. The number of hydrogen-bond donors (Lipinski definition) is 2. The minimum atomic E-state index is -0.216. The summed E-state index contributed by atoms with van der Waals surface area (Å²) in [4.78, 5) is 25.6. The number of aryl methyl sites for hydroxylation is 1. The van der Waals surface area contributed by atoms with E-state index in [2.05, 4.69) is 31.9 Å². The van der Waals surface area contributed by atoms with Crippen LogP contribution in [0.3, 0.4) is 0 Å². The highest BCUT2D eigenvalue weighted by Gasteiger charge is 2.26. The van der Waals surface area contributed by atoms with E-state index in [-0.39, 0.29) is 17.4 Å². The number of aromatic amines is 1. The summed E-state index contributed by atoms with van der Waals surface area (Å²) in [5.41, 5.74) is 12.2. The van der Waals surface area contributed by atoms with Gasteiger partial charge in [-0.25, -0.2) is 14.1 Å². The largest absolute Gasteiger partial charge is 0.383 e. The van der Waals surface area contributed by atoms with Crippen LogP contribution in [0.4, 0.5) is 10.2 Å². The number of fused-ring (bicyclic) bond motifs is 2. The van der Waals surface area contributed by atoms with Crippen LogP contribution in [-0.4, -0.2) is 68.6 Å². The number of benzene rings is 2. The van der Waals surface area contributed by atoms with E-state index in [1.165, 1.54) is 6.20 Å². The highest BCUT2D eigenvalue weighted by Crippen LogP contribution is 2.32. The molecule has 184 valence electrons. The number of hydrogen-bond acceptors (Lipinski definition) is 6. The van der Waals surface area contributed by atoms with Crippen molar-refractivity contribution in [3.05, 3.63) is 76.0 Å². The van der Waals surface area contributed by atoms with Crippen LogP contribution in [-0.2, 0) is 13.0 Å². The predicted molar refractivity (Wildman–Crippen MR) is 138 cm³/mol. The Kier molecular flexibility index (Phi) is 5.46. The minimum absolute atomic E-state index is 0.186.